The summed E-state index contributed by atoms with van der Waals surface area (Å²) < 4.78 is 0. The molecule has 1 heterocycles. The summed E-state index contributed by atoms with van der Waals surface area (Å²) in [4.78, 5) is 3.30. The highest BCUT2D eigenvalue weighted by Crippen LogP contribution is 1.87. The van der Waals surface area contributed by atoms with Gasteiger partial charge in [0.15, 0.2) is 0 Å². The Morgan fingerprint density at radius 2 is 2.21 bits per heavy atom. The van der Waals surface area contributed by atoms with E-state index >= 15 is 0 Å². The van der Waals surface area contributed by atoms with Gasteiger partial charge in [0.25, 0.3) is 0 Å². The largest absolute Gasteiger partial charge is 0.361 e. The first kappa shape index (κ1) is 10.8. The molecule has 0 aliphatic heterocycles. The second-order valence-corrected chi connectivity index (χ2v) is 3.48. The van der Waals surface area contributed by atoms with Crippen molar-refractivity contribution < 1.29 is 0 Å². The highest BCUT2D eigenvalue weighted by atomic mass is 14.7. The zero-order valence-electron chi connectivity index (χ0n) is 9.30. The maximum atomic E-state index is 3.30. The molecule has 1 aromatic rings. The van der Waals surface area contributed by atoms with Gasteiger partial charge in [-0.2, -0.15) is 0 Å². The molecule has 0 aliphatic rings. The van der Waals surface area contributed by atoms with E-state index in [1.165, 1.54) is 22.6 Å². The van der Waals surface area contributed by atoms with Gasteiger partial charge in [-0.25, -0.2) is 0 Å². The number of aromatic nitrogens is 1. The minimum atomic E-state index is 1.14. The van der Waals surface area contributed by atoms with Gasteiger partial charge in [0, 0.05) is 16.8 Å². The number of allylic oxidation sites excluding steroid dienone is 2. The van der Waals surface area contributed by atoms with Gasteiger partial charge in [0.2, 0.25) is 0 Å². The zero-order valence-corrected chi connectivity index (χ0v) is 9.30. The predicted octanol–water partition coefficient (Wildman–Crippen LogP) is 2.26. The van der Waals surface area contributed by atoms with E-state index in [0.717, 1.165) is 6.42 Å². The number of aromatic amines is 1. The molecule has 1 nitrogen and oxygen atoms in total. The van der Waals surface area contributed by atoms with Crippen molar-refractivity contribution in [3.63, 3.8) is 0 Å². The van der Waals surface area contributed by atoms with Crippen molar-refractivity contribution in [3.8, 4) is 0 Å². The summed E-state index contributed by atoms with van der Waals surface area (Å²) in [5.41, 5.74) is 1.31. The van der Waals surface area contributed by atoms with Gasteiger partial charge < -0.3 is 4.98 Å². The van der Waals surface area contributed by atoms with Crippen LogP contribution in [0.25, 0.3) is 12.2 Å². The normalized spacial score (nSPS) is 14.5. The zero-order chi connectivity index (χ0) is 10.4. The molecule has 0 unspecified atom stereocenters. The molecular formula is C13H19N. The summed E-state index contributed by atoms with van der Waals surface area (Å²) in [6.45, 7) is 6.37. The average molecular weight is 189 g/mol. The molecule has 0 saturated heterocycles. The lowest BCUT2D eigenvalue weighted by Crippen LogP contribution is -2.23. The van der Waals surface area contributed by atoms with E-state index in [9.17, 15) is 0 Å². The van der Waals surface area contributed by atoms with Crippen LogP contribution in [0.5, 0.6) is 0 Å². The van der Waals surface area contributed by atoms with E-state index in [1.54, 1.807) is 0 Å². The van der Waals surface area contributed by atoms with Gasteiger partial charge in [-0.1, -0.05) is 37.6 Å². The van der Waals surface area contributed by atoms with Crippen LogP contribution in [0.15, 0.2) is 18.3 Å². The standard InChI is InChI=1S/C13H19N/c1-4-6-8-12-11(3)10-14-13(12)9-7-5-2/h4,6,8-10,14H,5,7H2,1-3H3/b6-4-,12-8-,13-9-. The van der Waals surface area contributed by atoms with E-state index < -0.39 is 0 Å². The summed E-state index contributed by atoms with van der Waals surface area (Å²) in [6.07, 6.45) is 13.0. The average Bonchev–Trinajstić information content (AvgIpc) is 2.53. The SMILES string of the molecule is C\C=C/C=c1/c(C)c[nH]/c1=C\CCC. The molecule has 0 saturated carbocycles. The lowest BCUT2D eigenvalue weighted by molar-refractivity contribution is 0.987. The Morgan fingerprint density at radius 3 is 2.86 bits per heavy atom. The lowest BCUT2D eigenvalue weighted by atomic mass is 10.2. The quantitative estimate of drug-likeness (QED) is 0.750. The second kappa shape index (κ2) is 5.48. The maximum absolute atomic E-state index is 3.30. The van der Waals surface area contributed by atoms with Gasteiger partial charge >= 0.3 is 0 Å². The molecule has 0 radical (unpaired) electrons. The van der Waals surface area contributed by atoms with Crippen LogP contribution in [-0.2, 0) is 0 Å². The Morgan fingerprint density at radius 1 is 1.43 bits per heavy atom. The molecule has 14 heavy (non-hydrogen) atoms. The summed E-state index contributed by atoms with van der Waals surface area (Å²) in [5, 5.41) is 2.57. The van der Waals surface area contributed by atoms with Gasteiger partial charge in [0.1, 0.15) is 0 Å². The minimum absolute atomic E-state index is 1.14. The summed E-state index contributed by atoms with van der Waals surface area (Å²) in [7, 11) is 0. The van der Waals surface area contributed by atoms with Crippen LogP contribution < -0.4 is 10.6 Å². The lowest BCUT2D eigenvalue weighted by Gasteiger charge is -1.84. The first-order valence-electron chi connectivity index (χ1n) is 5.26. The highest BCUT2D eigenvalue weighted by Gasteiger charge is 1.90. The van der Waals surface area contributed by atoms with Crippen LogP contribution in [-0.4, -0.2) is 4.98 Å². The molecule has 0 fully saturated rings. The molecule has 0 bridgehead atoms. The molecule has 76 valence electrons. The van der Waals surface area contributed by atoms with Crippen molar-refractivity contribution in [2.75, 3.05) is 0 Å². The third kappa shape index (κ3) is 2.63. The highest BCUT2D eigenvalue weighted by molar-refractivity contribution is 5.40. The van der Waals surface area contributed by atoms with Crippen molar-refractivity contribution in [1.82, 2.24) is 4.98 Å². The fraction of sp³-hybridized carbons (Fsp3) is 0.385. The molecule has 0 atom stereocenters. The fourth-order valence-electron chi connectivity index (χ4n) is 1.43. The molecule has 0 aromatic carbocycles. The molecular weight excluding hydrogens is 170 g/mol. The van der Waals surface area contributed by atoms with Crippen LogP contribution in [0.2, 0.25) is 0 Å². The first-order chi connectivity index (χ1) is 6.79. The number of unbranched alkanes of at least 4 members (excludes halogenated alkanes) is 1. The number of H-pyrrole nitrogens is 1. The number of rotatable bonds is 3. The van der Waals surface area contributed by atoms with E-state index in [4.69, 9.17) is 0 Å². The molecule has 0 aliphatic carbocycles. The molecule has 0 spiro atoms. The Bertz CT molecular complexity index is 407. The monoisotopic (exact) mass is 189 g/mol. The Labute approximate surface area is 85.9 Å². The number of aryl methyl sites for hydroxylation is 1. The molecule has 1 N–H and O–H groups in total. The minimum Gasteiger partial charge on any atom is -0.361 e. The molecule has 1 aromatic heterocycles. The number of hydrogen-bond donors (Lipinski definition) is 1. The van der Waals surface area contributed by atoms with Gasteiger partial charge in [-0.15, -0.1) is 0 Å². The Hall–Kier alpha value is -1.24. The van der Waals surface area contributed by atoms with E-state index in [-0.39, 0.29) is 0 Å². The first-order valence-corrected chi connectivity index (χ1v) is 5.26. The summed E-state index contributed by atoms with van der Waals surface area (Å²) in [5.74, 6) is 0. The van der Waals surface area contributed by atoms with Gasteiger partial charge in [-0.05, 0) is 25.8 Å². The van der Waals surface area contributed by atoms with Crippen LogP contribution in [0.4, 0.5) is 0 Å². The summed E-state index contributed by atoms with van der Waals surface area (Å²) in [6, 6.07) is 0. The Kier molecular flexibility index (Phi) is 4.24. The van der Waals surface area contributed by atoms with Crippen molar-refractivity contribution in [1.29, 1.82) is 0 Å². The smallest absolute Gasteiger partial charge is 0.0416 e. The van der Waals surface area contributed by atoms with Crippen LogP contribution in [0.1, 0.15) is 32.3 Å². The van der Waals surface area contributed by atoms with E-state index in [1.807, 2.05) is 6.92 Å². The predicted molar refractivity (Wildman–Crippen MR) is 63.4 cm³/mol. The Balaban J connectivity index is 3.19. The third-order valence-electron chi connectivity index (χ3n) is 2.25. The van der Waals surface area contributed by atoms with Crippen molar-refractivity contribution in [2.45, 2.75) is 33.6 Å². The van der Waals surface area contributed by atoms with Crippen molar-refractivity contribution in [3.05, 3.63) is 34.5 Å². The van der Waals surface area contributed by atoms with Crippen LogP contribution in [0.3, 0.4) is 0 Å². The molecule has 0 amide bonds. The maximum Gasteiger partial charge on any atom is 0.0416 e. The topological polar surface area (TPSA) is 15.8 Å². The van der Waals surface area contributed by atoms with Crippen molar-refractivity contribution >= 4 is 12.2 Å². The van der Waals surface area contributed by atoms with E-state index in [2.05, 4.69) is 49.3 Å². The van der Waals surface area contributed by atoms with Gasteiger partial charge in [0.05, 0.1) is 0 Å². The fourth-order valence-corrected chi connectivity index (χ4v) is 1.43. The van der Waals surface area contributed by atoms with Crippen molar-refractivity contribution in [2.24, 2.45) is 0 Å². The number of nitrogens with one attached hydrogen (secondary N) is 1. The van der Waals surface area contributed by atoms with Gasteiger partial charge in [-0.3, -0.25) is 0 Å². The van der Waals surface area contributed by atoms with Crippen LogP contribution >= 0.6 is 0 Å². The molecule has 1 rings (SSSR count). The van der Waals surface area contributed by atoms with Crippen LogP contribution in [0, 0.1) is 6.92 Å². The molecule has 1 heteroatoms. The second-order valence-electron chi connectivity index (χ2n) is 3.48. The summed E-state index contributed by atoms with van der Waals surface area (Å²) >= 11 is 0. The third-order valence-corrected chi connectivity index (χ3v) is 2.25. The number of hydrogen-bond acceptors (Lipinski definition) is 0. The van der Waals surface area contributed by atoms with E-state index in [0.29, 0.717) is 0 Å².